The molecule has 2 aromatic carbocycles. The van der Waals surface area contributed by atoms with Crippen molar-refractivity contribution in [2.45, 2.75) is 32.6 Å². The van der Waals surface area contributed by atoms with Crippen LogP contribution in [0.4, 0.5) is 11.4 Å². The third-order valence-corrected chi connectivity index (χ3v) is 3.98. The molecule has 0 heterocycles. The molecule has 0 fully saturated rings. The normalized spacial score (nSPS) is 10.3. The molecule has 0 saturated carbocycles. The molecule has 0 unspecified atom stereocenters. The summed E-state index contributed by atoms with van der Waals surface area (Å²) >= 11 is 0. The number of rotatable bonds is 5. The fraction of sp³-hybridized carbons (Fsp3) is 0.316. The van der Waals surface area contributed by atoms with Crippen LogP contribution >= 0.6 is 12.4 Å². The smallest absolute Gasteiger partial charge is 0.227 e. The van der Waals surface area contributed by atoms with E-state index in [4.69, 9.17) is 5.73 Å². The number of carbonyl (C=O) groups excluding carboxylic acids is 1. The van der Waals surface area contributed by atoms with Gasteiger partial charge in [0.2, 0.25) is 5.91 Å². The van der Waals surface area contributed by atoms with Gasteiger partial charge in [0, 0.05) is 24.8 Å². The lowest BCUT2D eigenvalue weighted by Gasteiger charge is -2.18. The first-order valence-corrected chi connectivity index (χ1v) is 7.69. The van der Waals surface area contributed by atoms with Gasteiger partial charge in [-0.25, -0.2) is 0 Å². The van der Waals surface area contributed by atoms with Crippen LogP contribution in [-0.2, 0) is 11.2 Å². The van der Waals surface area contributed by atoms with Gasteiger partial charge in [-0.05, 0) is 41.7 Å². The number of para-hydroxylation sites is 1. The first kappa shape index (κ1) is 19.0. The zero-order valence-corrected chi connectivity index (χ0v) is 14.8. The summed E-state index contributed by atoms with van der Waals surface area (Å²) in [6.07, 6.45) is 1.12. The third kappa shape index (κ3) is 5.00. The minimum absolute atomic E-state index is 0. The average Bonchev–Trinajstić information content (AvgIpc) is 2.53. The zero-order chi connectivity index (χ0) is 16.1. The van der Waals surface area contributed by atoms with E-state index >= 15 is 0 Å². The summed E-state index contributed by atoms with van der Waals surface area (Å²) < 4.78 is 0. The van der Waals surface area contributed by atoms with Crippen LogP contribution in [0.3, 0.4) is 0 Å². The number of nitrogen functional groups attached to an aromatic ring is 1. The molecule has 2 aromatic rings. The molecular weight excluding hydrogens is 308 g/mol. The van der Waals surface area contributed by atoms with E-state index in [0.717, 1.165) is 16.9 Å². The van der Waals surface area contributed by atoms with Crippen LogP contribution in [0.25, 0.3) is 0 Å². The standard InChI is InChI=1S/C19H24N2O.ClH/c1-14(2)15-8-11-17(12-9-15)21(3)19(22)13-10-16-6-4-5-7-18(16)20;/h4-9,11-12,14H,10,13,20H2,1-3H3;1H. The predicted molar refractivity (Wildman–Crippen MR) is 100 cm³/mol. The van der Waals surface area contributed by atoms with Crippen molar-refractivity contribution >= 4 is 29.7 Å². The highest BCUT2D eigenvalue weighted by Crippen LogP contribution is 2.20. The molecule has 0 aliphatic rings. The van der Waals surface area contributed by atoms with Crippen LogP contribution in [0.2, 0.25) is 0 Å². The lowest BCUT2D eigenvalue weighted by atomic mass is 10.0. The van der Waals surface area contributed by atoms with Crippen LogP contribution in [0.5, 0.6) is 0 Å². The van der Waals surface area contributed by atoms with E-state index < -0.39 is 0 Å². The highest BCUT2D eigenvalue weighted by atomic mass is 35.5. The zero-order valence-electron chi connectivity index (χ0n) is 14.0. The van der Waals surface area contributed by atoms with Crippen LogP contribution < -0.4 is 10.6 Å². The molecule has 0 saturated heterocycles. The molecule has 23 heavy (non-hydrogen) atoms. The van der Waals surface area contributed by atoms with Crippen LogP contribution in [0, 0.1) is 0 Å². The lowest BCUT2D eigenvalue weighted by Crippen LogP contribution is -2.26. The SMILES string of the molecule is CC(C)c1ccc(N(C)C(=O)CCc2ccccc2N)cc1.Cl. The van der Waals surface area contributed by atoms with Gasteiger partial charge < -0.3 is 10.6 Å². The summed E-state index contributed by atoms with van der Waals surface area (Å²) in [4.78, 5) is 14.0. The molecular formula is C19H25ClN2O. The van der Waals surface area contributed by atoms with Crippen LogP contribution in [0.15, 0.2) is 48.5 Å². The highest BCUT2D eigenvalue weighted by molar-refractivity contribution is 5.93. The summed E-state index contributed by atoms with van der Waals surface area (Å²) in [6.45, 7) is 4.32. The summed E-state index contributed by atoms with van der Waals surface area (Å²) in [5.41, 5.74) is 9.90. The Morgan fingerprint density at radius 1 is 1.09 bits per heavy atom. The number of benzene rings is 2. The van der Waals surface area contributed by atoms with Crippen molar-refractivity contribution in [3.63, 3.8) is 0 Å². The Morgan fingerprint density at radius 3 is 2.26 bits per heavy atom. The number of hydrogen-bond acceptors (Lipinski definition) is 2. The molecule has 0 atom stereocenters. The first-order chi connectivity index (χ1) is 10.5. The fourth-order valence-electron chi connectivity index (χ4n) is 2.40. The molecule has 0 aliphatic carbocycles. The van der Waals surface area contributed by atoms with E-state index in [0.29, 0.717) is 18.8 Å². The van der Waals surface area contributed by atoms with Gasteiger partial charge in [-0.3, -0.25) is 4.79 Å². The van der Waals surface area contributed by atoms with Crippen molar-refractivity contribution in [2.24, 2.45) is 0 Å². The van der Waals surface area contributed by atoms with Crippen molar-refractivity contribution in [1.82, 2.24) is 0 Å². The fourth-order valence-corrected chi connectivity index (χ4v) is 2.40. The van der Waals surface area contributed by atoms with E-state index in [-0.39, 0.29) is 18.3 Å². The Kier molecular flexibility index (Phi) is 7.11. The van der Waals surface area contributed by atoms with Gasteiger partial charge in [-0.15, -0.1) is 12.4 Å². The molecule has 0 bridgehead atoms. The van der Waals surface area contributed by atoms with Crippen molar-refractivity contribution in [3.8, 4) is 0 Å². The van der Waals surface area contributed by atoms with Gasteiger partial charge in [-0.1, -0.05) is 44.2 Å². The largest absolute Gasteiger partial charge is 0.399 e. The van der Waals surface area contributed by atoms with Gasteiger partial charge in [0.05, 0.1) is 0 Å². The van der Waals surface area contributed by atoms with Crippen LogP contribution in [0.1, 0.15) is 37.3 Å². The highest BCUT2D eigenvalue weighted by Gasteiger charge is 2.12. The summed E-state index contributed by atoms with van der Waals surface area (Å²) in [5.74, 6) is 0.594. The Balaban J connectivity index is 0.00000264. The van der Waals surface area contributed by atoms with Crippen molar-refractivity contribution in [2.75, 3.05) is 17.7 Å². The number of carbonyl (C=O) groups is 1. The Labute approximate surface area is 144 Å². The molecule has 4 heteroatoms. The number of aryl methyl sites for hydroxylation is 1. The lowest BCUT2D eigenvalue weighted by molar-refractivity contribution is -0.118. The van der Waals surface area contributed by atoms with E-state index in [1.165, 1.54) is 5.56 Å². The second-order valence-electron chi connectivity index (χ2n) is 5.90. The topological polar surface area (TPSA) is 46.3 Å². The van der Waals surface area contributed by atoms with Crippen molar-refractivity contribution in [1.29, 1.82) is 0 Å². The summed E-state index contributed by atoms with van der Waals surface area (Å²) in [7, 11) is 1.82. The predicted octanol–water partition coefficient (Wildman–Crippen LogP) is 4.41. The Hall–Kier alpha value is -2.00. The van der Waals surface area contributed by atoms with Gasteiger partial charge in [-0.2, -0.15) is 0 Å². The molecule has 124 valence electrons. The molecule has 2 rings (SSSR count). The number of halogens is 1. The summed E-state index contributed by atoms with van der Waals surface area (Å²) in [6, 6.07) is 15.9. The third-order valence-electron chi connectivity index (χ3n) is 3.98. The van der Waals surface area contributed by atoms with Gasteiger partial charge >= 0.3 is 0 Å². The number of hydrogen-bond donors (Lipinski definition) is 1. The maximum atomic E-state index is 12.3. The minimum atomic E-state index is 0. The second kappa shape index (κ2) is 8.59. The van der Waals surface area contributed by atoms with E-state index in [9.17, 15) is 4.79 Å². The number of anilines is 2. The summed E-state index contributed by atoms with van der Waals surface area (Å²) in [5, 5.41) is 0. The van der Waals surface area contributed by atoms with E-state index in [1.807, 2.05) is 43.4 Å². The number of nitrogens with zero attached hydrogens (tertiary/aromatic N) is 1. The maximum absolute atomic E-state index is 12.3. The molecule has 0 radical (unpaired) electrons. The molecule has 0 aliphatic heterocycles. The van der Waals surface area contributed by atoms with Gasteiger partial charge in [0.1, 0.15) is 0 Å². The van der Waals surface area contributed by atoms with Crippen molar-refractivity contribution < 1.29 is 4.79 Å². The molecule has 2 N–H and O–H groups in total. The molecule has 1 amide bonds. The molecule has 0 aromatic heterocycles. The molecule has 0 spiro atoms. The van der Waals surface area contributed by atoms with Gasteiger partial charge in [0.15, 0.2) is 0 Å². The quantitative estimate of drug-likeness (QED) is 0.824. The monoisotopic (exact) mass is 332 g/mol. The van der Waals surface area contributed by atoms with Crippen LogP contribution in [-0.4, -0.2) is 13.0 Å². The first-order valence-electron chi connectivity index (χ1n) is 7.69. The maximum Gasteiger partial charge on any atom is 0.227 e. The van der Waals surface area contributed by atoms with Crippen molar-refractivity contribution in [3.05, 3.63) is 59.7 Å². The number of amides is 1. The average molecular weight is 333 g/mol. The van der Waals surface area contributed by atoms with E-state index in [1.54, 1.807) is 4.90 Å². The minimum Gasteiger partial charge on any atom is -0.399 e. The van der Waals surface area contributed by atoms with Gasteiger partial charge in [0.25, 0.3) is 0 Å². The second-order valence-corrected chi connectivity index (χ2v) is 5.90. The van der Waals surface area contributed by atoms with E-state index in [2.05, 4.69) is 26.0 Å². The number of nitrogens with two attached hydrogens (primary N) is 1. The Morgan fingerprint density at radius 2 is 1.70 bits per heavy atom. The molecule has 3 nitrogen and oxygen atoms in total. The Bertz CT molecular complexity index is 638.